The Balaban J connectivity index is 0.000000246. The molecule has 6 aromatic carbocycles. The second-order valence-electron chi connectivity index (χ2n) is 12.7. The van der Waals surface area contributed by atoms with Crippen molar-refractivity contribution in [2.24, 2.45) is 0 Å². The van der Waals surface area contributed by atoms with Gasteiger partial charge in [-0.15, -0.1) is 47.3 Å². The maximum atomic E-state index is 8.66. The Bertz CT molecular complexity index is 2700. The number of benzene rings is 6. The first kappa shape index (κ1) is 31.1. The Morgan fingerprint density at radius 1 is 0.736 bits per heavy atom. The van der Waals surface area contributed by atoms with Crippen LogP contribution in [0.3, 0.4) is 0 Å². The van der Waals surface area contributed by atoms with Gasteiger partial charge in [0.25, 0.3) is 0 Å². The van der Waals surface area contributed by atoms with E-state index in [-0.39, 0.29) is 25.7 Å². The summed E-state index contributed by atoms with van der Waals surface area (Å²) in [6.07, 6.45) is 1.39. The van der Waals surface area contributed by atoms with Gasteiger partial charge >= 0.3 is 0 Å². The van der Waals surface area contributed by atoms with E-state index in [1.54, 1.807) is 29.5 Å². The second-order valence-corrected chi connectivity index (χ2v) is 13.5. The van der Waals surface area contributed by atoms with Gasteiger partial charge in [-0.25, -0.2) is 0 Å². The minimum atomic E-state index is -2.09. The summed E-state index contributed by atoms with van der Waals surface area (Å²) in [7, 11) is 0. The van der Waals surface area contributed by atoms with Crippen molar-refractivity contribution in [3.05, 3.63) is 186 Å². The van der Waals surface area contributed by atoms with Gasteiger partial charge in [0.15, 0.2) is 0 Å². The smallest absolute Gasteiger partial charge is 0.0774 e. The topological polar surface area (TPSA) is 30.7 Å². The number of nitrogens with zero attached hydrogens (tertiary/aromatic N) is 3. The van der Waals surface area contributed by atoms with Gasteiger partial charge in [0.05, 0.1) is 22.5 Å². The van der Waals surface area contributed by atoms with Gasteiger partial charge in [-0.1, -0.05) is 150 Å². The molecular weight excluding hydrogens is 843 g/mol. The molecule has 0 saturated heterocycles. The van der Waals surface area contributed by atoms with Crippen LogP contribution < -0.4 is 0 Å². The molecule has 0 atom stereocenters. The van der Waals surface area contributed by atoms with Gasteiger partial charge in [0, 0.05) is 42.9 Å². The van der Waals surface area contributed by atoms with Crippen LogP contribution >= 0.6 is 11.3 Å². The van der Waals surface area contributed by atoms with E-state index < -0.39 is 12.7 Å². The van der Waals surface area contributed by atoms with Crippen molar-refractivity contribution in [3.63, 3.8) is 0 Å². The molecule has 261 valence electrons. The van der Waals surface area contributed by atoms with Crippen LogP contribution in [0.1, 0.15) is 36.4 Å². The zero-order valence-electron chi connectivity index (χ0n) is 33.2. The molecule has 0 aliphatic heterocycles. The molecule has 0 aliphatic rings. The molecule has 9 rings (SSSR count). The molecular formula is C48H37IrN3S-2. The normalized spacial score (nSPS) is 12.5. The van der Waals surface area contributed by atoms with Crippen molar-refractivity contribution in [2.45, 2.75) is 26.6 Å². The van der Waals surface area contributed by atoms with Crippen molar-refractivity contribution in [1.82, 2.24) is 14.5 Å². The number of pyridine rings is 1. The largest absolute Gasteiger partial charge is 0.332 e. The average molecular weight is 884 g/mol. The number of hydrogen-bond acceptors (Lipinski definition) is 3. The van der Waals surface area contributed by atoms with Crippen LogP contribution in [0.15, 0.2) is 164 Å². The van der Waals surface area contributed by atoms with Crippen molar-refractivity contribution in [1.29, 1.82) is 0 Å². The van der Waals surface area contributed by atoms with Gasteiger partial charge in [-0.3, -0.25) is 16.3 Å². The first-order chi connectivity index (χ1) is 27.1. The molecule has 9 aromatic rings. The number of rotatable bonds is 6. The first-order valence-corrected chi connectivity index (χ1v) is 18.0. The van der Waals surface area contributed by atoms with Crippen LogP contribution in [-0.4, -0.2) is 14.5 Å². The summed E-state index contributed by atoms with van der Waals surface area (Å²) in [5, 5.41) is 4.68. The monoisotopic (exact) mass is 884 g/mol. The average Bonchev–Trinajstić information content (AvgIpc) is 3.82. The number of fused-ring (bicyclic) bond motifs is 2. The van der Waals surface area contributed by atoms with E-state index in [0.717, 1.165) is 77.3 Å². The third kappa shape index (κ3) is 7.42. The fourth-order valence-corrected chi connectivity index (χ4v) is 7.28. The SMILES string of the molecule is [2H]C(C)(C)c1ccc2s[c-]c(-c3nc4ccccc4n3-c3c(-c4ccccc4)cccc3-c3ccccc3)c2c1.[2H]C([2H])([2H])c1ccc(-c2[c-]cccc2)nc1.[Ir]. The Morgan fingerprint density at radius 3 is 2.08 bits per heavy atom. The van der Waals surface area contributed by atoms with Gasteiger partial charge in [-0.05, 0) is 47.3 Å². The molecule has 0 saturated carbocycles. The van der Waals surface area contributed by atoms with E-state index in [1.165, 1.54) is 6.20 Å². The maximum Gasteiger partial charge on any atom is 0.0774 e. The Labute approximate surface area is 334 Å². The third-order valence-corrected chi connectivity index (χ3v) is 9.93. The maximum absolute atomic E-state index is 8.66. The summed E-state index contributed by atoms with van der Waals surface area (Å²) in [5.41, 5.74) is 11.4. The van der Waals surface area contributed by atoms with Crippen LogP contribution in [0.4, 0.5) is 0 Å². The fourth-order valence-electron chi connectivity index (χ4n) is 6.46. The number of aryl methyl sites for hydroxylation is 1. The zero-order valence-corrected chi connectivity index (χ0v) is 32.4. The number of imidazole rings is 1. The molecule has 1 radical (unpaired) electrons. The van der Waals surface area contributed by atoms with Gasteiger partial charge in [0.1, 0.15) is 0 Å². The molecule has 5 heteroatoms. The van der Waals surface area contributed by atoms with Gasteiger partial charge < -0.3 is 9.55 Å². The number of para-hydroxylation sites is 3. The molecule has 0 unspecified atom stereocenters. The molecule has 3 heterocycles. The predicted molar refractivity (Wildman–Crippen MR) is 219 cm³/mol. The zero-order chi connectivity index (χ0) is 38.9. The van der Waals surface area contributed by atoms with Crippen molar-refractivity contribution in [3.8, 4) is 50.6 Å². The van der Waals surface area contributed by atoms with Crippen molar-refractivity contribution < 1.29 is 25.6 Å². The molecule has 0 amide bonds. The van der Waals surface area contributed by atoms with Crippen LogP contribution in [-0.2, 0) is 20.1 Å². The molecule has 3 aromatic heterocycles. The van der Waals surface area contributed by atoms with Crippen LogP contribution in [0.2, 0.25) is 0 Å². The molecule has 0 N–H and O–H groups in total. The number of aromatic nitrogens is 3. The van der Waals surface area contributed by atoms with Crippen molar-refractivity contribution in [2.75, 3.05) is 0 Å². The predicted octanol–water partition coefficient (Wildman–Crippen LogP) is 13.0. The molecule has 0 bridgehead atoms. The molecule has 0 fully saturated rings. The van der Waals surface area contributed by atoms with E-state index in [1.807, 2.05) is 38.1 Å². The van der Waals surface area contributed by atoms with E-state index in [0.29, 0.717) is 0 Å². The van der Waals surface area contributed by atoms with Crippen LogP contribution in [0.5, 0.6) is 0 Å². The molecule has 53 heavy (non-hydrogen) atoms. The van der Waals surface area contributed by atoms with Gasteiger partial charge in [0.2, 0.25) is 0 Å². The summed E-state index contributed by atoms with van der Waals surface area (Å²) in [6.45, 7) is 1.77. The Kier molecular flexibility index (Phi) is 9.43. The Hall–Kier alpha value is -5.45. The van der Waals surface area contributed by atoms with Crippen LogP contribution in [0, 0.1) is 18.3 Å². The minimum Gasteiger partial charge on any atom is -0.332 e. The molecule has 0 aliphatic carbocycles. The second kappa shape index (κ2) is 16.1. The summed E-state index contributed by atoms with van der Waals surface area (Å²) in [5.74, 6) is 0.154. The van der Waals surface area contributed by atoms with E-state index in [9.17, 15) is 0 Å². The number of thiophene rings is 1. The number of hydrogen-bond donors (Lipinski definition) is 0. The third-order valence-electron chi connectivity index (χ3n) is 9.05. The fraction of sp³-hybridized carbons (Fsp3) is 0.0833. The summed E-state index contributed by atoms with van der Waals surface area (Å²) < 4.78 is 33.8. The summed E-state index contributed by atoms with van der Waals surface area (Å²) >= 11 is 1.60. The van der Waals surface area contributed by atoms with Crippen molar-refractivity contribution >= 4 is 32.5 Å². The molecule has 3 nitrogen and oxygen atoms in total. The summed E-state index contributed by atoms with van der Waals surface area (Å²) in [4.78, 5) is 9.36. The first-order valence-electron chi connectivity index (χ1n) is 19.2. The van der Waals surface area contributed by atoms with Crippen LogP contribution in [0.25, 0.3) is 71.7 Å². The Morgan fingerprint density at radius 2 is 1.43 bits per heavy atom. The quantitative estimate of drug-likeness (QED) is 0.156. The molecule has 0 spiro atoms. The standard InChI is InChI=1S/C36H27N2S.C12H10N.Ir/c1-24(2)27-20-21-34-30(22-27)31(23-39-34)36-37-32-18-9-10-19-33(32)38(36)35-28(25-12-5-3-6-13-25)16-11-17-29(35)26-14-7-4-8-15-26;1-10-7-8-12(13-9-10)11-5-3-2-4-6-11;/h3-22,24H,1-2H3;2-5,7-9H,1H3;/q2*-1;/i24D;1D3;. The van der Waals surface area contributed by atoms with E-state index in [2.05, 4.69) is 136 Å². The van der Waals surface area contributed by atoms with E-state index in [4.69, 9.17) is 10.5 Å². The summed E-state index contributed by atoms with van der Waals surface area (Å²) in [6, 6.07) is 56.1. The minimum absolute atomic E-state index is 0. The van der Waals surface area contributed by atoms with E-state index >= 15 is 0 Å². The van der Waals surface area contributed by atoms with Gasteiger partial charge in [-0.2, -0.15) is 0 Å².